The average Bonchev–Trinajstić information content (AvgIpc) is 2.75. The number of methoxy groups -OCH3 is 1. The van der Waals surface area contributed by atoms with E-state index in [-0.39, 0.29) is 11.7 Å². The summed E-state index contributed by atoms with van der Waals surface area (Å²) in [6.07, 6.45) is 2.91. The minimum absolute atomic E-state index is 0.260. The van der Waals surface area contributed by atoms with E-state index in [1.54, 1.807) is 37.6 Å². The van der Waals surface area contributed by atoms with Crippen molar-refractivity contribution in [1.82, 2.24) is 10.3 Å². The summed E-state index contributed by atoms with van der Waals surface area (Å²) in [5.74, 6) is 0.308. The molecule has 2 aromatic carbocycles. The summed E-state index contributed by atoms with van der Waals surface area (Å²) in [6.45, 7) is 1.09. The number of nitrogens with one attached hydrogen (secondary N) is 2. The Bertz CT molecular complexity index is 945. The fraction of sp³-hybridized carbons (Fsp3) is 0.217. The molecule has 1 amide bonds. The van der Waals surface area contributed by atoms with E-state index in [0.717, 1.165) is 24.4 Å². The molecular weight excluding hydrogens is 369 g/mol. The Labute approximate surface area is 169 Å². The lowest BCUT2D eigenvalue weighted by atomic mass is 10.1. The molecule has 0 unspecified atom stereocenters. The van der Waals surface area contributed by atoms with Gasteiger partial charge in [0, 0.05) is 13.1 Å². The summed E-state index contributed by atoms with van der Waals surface area (Å²) in [5, 5.41) is 6.06. The van der Waals surface area contributed by atoms with Crippen LogP contribution in [0.15, 0.2) is 66.9 Å². The molecule has 29 heavy (non-hydrogen) atoms. The number of aromatic nitrogens is 1. The second kappa shape index (κ2) is 10.2. The van der Waals surface area contributed by atoms with Crippen LogP contribution in [-0.4, -0.2) is 31.1 Å². The molecule has 3 aromatic rings. The molecule has 150 valence electrons. The van der Waals surface area contributed by atoms with E-state index in [1.807, 2.05) is 24.3 Å². The second-order valence-electron chi connectivity index (χ2n) is 6.56. The third kappa shape index (κ3) is 6.04. The van der Waals surface area contributed by atoms with Gasteiger partial charge in [-0.2, -0.15) is 0 Å². The van der Waals surface area contributed by atoms with Crippen molar-refractivity contribution in [2.75, 3.05) is 25.5 Å². The molecule has 0 fully saturated rings. The molecule has 6 heteroatoms. The molecule has 3 rings (SSSR count). The van der Waals surface area contributed by atoms with Gasteiger partial charge < -0.3 is 15.4 Å². The smallest absolute Gasteiger partial charge is 0.269 e. The molecule has 5 nitrogen and oxygen atoms in total. The van der Waals surface area contributed by atoms with Crippen molar-refractivity contribution < 1.29 is 13.9 Å². The van der Waals surface area contributed by atoms with Crippen LogP contribution in [0.1, 0.15) is 21.6 Å². The van der Waals surface area contributed by atoms with Gasteiger partial charge in [-0.15, -0.1) is 0 Å². The molecule has 1 heterocycles. The first kappa shape index (κ1) is 20.3. The molecule has 0 saturated heterocycles. The highest BCUT2D eigenvalue weighted by molar-refractivity contribution is 5.92. The summed E-state index contributed by atoms with van der Waals surface area (Å²) in [4.78, 5) is 16.4. The maximum absolute atomic E-state index is 13.6. The number of anilines is 1. The van der Waals surface area contributed by atoms with E-state index in [0.29, 0.717) is 24.2 Å². The molecule has 2 N–H and O–H groups in total. The lowest BCUT2D eigenvalue weighted by molar-refractivity contribution is 0.0949. The van der Waals surface area contributed by atoms with Gasteiger partial charge in [-0.1, -0.05) is 30.3 Å². The SMILES string of the molecule is COc1cccc(CCNc2ccc(C(=O)NCCc3ccccc3F)nc2)c1. The first-order valence-corrected chi connectivity index (χ1v) is 9.50. The predicted octanol–water partition coefficient (Wildman–Crippen LogP) is 3.86. The Balaban J connectivity index is 1.44. The van der Waals surface area contributed by atoms with Gasteiger partial charge in [0.05, 0.1) is 19.0 Å². The zero-order valence-corrected chi connectivity index (χ0v) is 16.3. The minimum Gasteiger partial charge on any atom is -0.497 e. The molecule has 0 radical (unpaired) electrons. The summed E-state index contributed by atoms with van der Waals surface area (Å²) in [7, 11) is 1.65. The number of carbonyl (C=O) groups excluding carboxylic acids is 1. The Kier molecular flexibility index (Phi) is 7.16. The van der Waals surface area contributed by atoms with Gasteiger partial charge in [-0.25, -0.2) is 9.37 Å². The number of hydrogen-bond acceptors (Lipinski definition) is 4. The number of amides is 1. The van der Waals surface area contributed by atoms with Gasteiger partial charge in [-0.3, -0.25) is 4.79 Å². The molecule has 0 bridgehead atoms. The van der Waals surface area contributed by atoms with Crippen LogP contribution in [0.5, 0.6) is 5.75 Å². The van der Waals surface area contributed by atoms with Crippen molar-refractivity contribution in [2.24, 2.45) is 0 Å². The number of nitrogens with zero attached hydrogens (tertiary/aromatic N) is 1. The van der Waals surface area contributed by atoms with Crippen LogP contribution in [0.4, 0.5) is 10.1 Å². The number of rotatable bonds is 9. The second-order valence-corrected chi connectivity index (χ2v) is 6.56. The summed E-state index contributed by atoms with van der Waals surface area (Å²) in [5.41, 5.74) is 2.93. The number of ether oxygens (including phenoxy) is 1. The van der Waals surface area contributed by atoms with E-state index >= 15 is 0 Å². The van der Waals surface area contributed by atoms with E-state index < -0.39 is 0 Å². The van der Waals surface area contributed by atoms with Gasteiger partial charge in [0.15, 0.2) is 0 Å². The van der Waals surface area contributed by atoms with Gasteiger partial charge in [0.25, 0.3) is 5.91 Å². The van der Waals surface area contributed by atoms with E-state index in [1.165, 1.54) is 11.6 Å². The third-order valence-electron chi connectivity index (χ3n) is 4.51. The molecule has 0 aliphatic heterocycles. The molecular formula is C23H24FN3O2. The molecule has 0 aliphatic rings. The fourth-order valence-corrected chi connectivity index (χ4v) is 2.91. The van der Waals surface area contributed by atoms with E-state index in [2.05, 4.69) is 21.7 Å². The van der Waals surface area contributed by atoms with Crippen molar-refractivity contribution in [3.63, 3.8) is 0 Å². The number of pyridine rings is 1. The molecule has 0 aliphatic carbocycles. The number of benzene rings is 2. The molecule has 0 spiro atoms. The zero-order chi connectivity index (χ0) is 20.5. The third-order valence-corrected chi connectivity index (χ3v) is 4.51. The van der Waals surface area contributed by atoms with Crippen LogP contribution in [0.2, 0.25) is 0 Å². The lowest BCUT2D eigenvalue weighted by Crippen LogP contribution is -2.26. The van der Waals surface area contributed by atoms with Crippen LogP contribution < -0.4 is 15.4 Å². The first-order valence-electron chi connectivity index (χ1n) is 9.50. The van der Waals surface area contributed by atoms with Crippen LogP contribution in [0.3, 0.4) is 0 Å². The van der Waals surface area contributed by atoms with E-state index in [9.17, 15) is 9.18 Å². The van der Waals surface area contributed by atoms with Crippen molar-refractivity contribution in [1.29, 1.82) is 0 Å². The van der Waals surface area contributed by atoms with Gasteiger partial charge in [-0.05, 0) is 54.3 Å². The average molecular weight is 393 g/mol. The number of halogens is 1. The lowest BCUT2D eigenvalue weighted by Gasteiger charge is -2.09. The normalized spacial score (nSPS) is 10.4. The molecule has 0 saturated carbocycles. The standard InChI is InChI=1S/C23H24FN3O2/c1-29-20-7-4-5-17(15-20)11-13-25-19-9-10-22(27-16-19)23(28)26-14-12-18-6-2-3-8-21(18)24/h2-10,15-16,25H,11-14H2,1H3,(H,26,28). The Morgan fingerprint density at radius 1 is 1.03 bits per heavy atom. The summed E-state index contributed by atoms with van der Waals surface area (Å²) < 4.78 is 18.8. The largest absolute Gasteiger partial charge is 0.497 e. The minimum atomic E-state index is -0.274. The first-order chi connectivity index (χ1) is 14.2. The Hall–Kier alpha value is -3.41. The topological polar surface area (TPSA) is 63.2 Å². The monoisotopic (exact) mass is 393 g/mol. The van der Waals surface area contributed by atoms with E-state index in [4.69, 9.17) is 4.74 Å². The maximum Gasteiger partial charge on any atom is 0.269 e. The zero-order valence-electron chi connectivity index (χ0n) is 16.3. The van der Waals surface area contributed by atoms with Crippen molar-refractivity contribution >= 4 is 11.6 Å². The van der Waals surface area contributed by atoms with Gasteiger partial charge >= 0.3 is 0 Å². The van der Waals surface area contributed by atoms with Crippen molar-refractivity contribution in [2.45, 2.75) is 12.8 Å². The summed E-state index contributed by atoms with van der Waals surface area (Å²) >= 11 is 0. The Morgan fingerprint density at radius 2 is 1.90 bits per heavy atom. The van der Waals surface area contributed by atoms with Crippen LogP contribution in [0, 0.1) is 5.82 Å². The van der Waals surface area contributed by atoms with Gasteiger partial charge in [0.1, 0.15) is 17.3 Å². The number of carbonyl (C=O) groups is 1. The van der Waals surface area contributed by atoms with Crippen molar-refractivity contribution in [3.8, 4) is 5.75 Å². The predicted molar refractivity (Wildman–Crippen MR) is 112 cm³/mol. The van der Waals surface area contributed by atoms with Crippen LogP contribution in [0.25, 0.3) is 0 Å². The highest BCUT2D eigenvalue weighted by Crippen LogP contribution is 2.13. The van der Waals surface area contributed by atoms with Gasteiger partial charge in [0.2, 0.25) is 0 Å². The fourth-order valence-electron chi connectivity index (χ4n) is 2.91. The molecule has 1 aromatic heterocycles. The summed E-state index contributed by atoms with van der Waals surface area (Å²) in [6, 6.07) is 18.0. The highest BCUT2D eigenvalue weighted by atomic mass is 19.1. The van der Waals surface area contributed by atoms with Crippen LogP contribution >= 0.6 is 0 Å². The molecule has 0 atom stereocenters. The highest BCUT2D eigenvalue weighted by Gasteiger charge is 2.07. The van der Waals surface area contributed by atoms with Crippen molar-refractivity contribution in [3.05, 3.63) is 89.5 Å². The number of hydrogen-bond donors (Lipinski definition) is 2. The quantitative estimate of drug-likeness (QED) is 0.580. The Morgan fingerprint density at radius 3 is 2.66 bits per heavy atom. The van der Waals surface area contributed by atoms with Crippen LogP contribution in [-0.2, 0) is 12.8 Å². The maximum atomic E-state index is 13.6.